The van der Waals surface area contributed by atoms with Gasteiger partial charge < -0.3 is 5.32 Å². The minimum Gasteiger partial charge on any atom is -0.348 e. The summed E-state index contributed by atoms with van der Waals surface area (Å²) < 4.78 is 26.0. The van der Waals surface area contributed by atoms with Crippen molar-refractivity contribution < 1.29 is 13.2 Å². The van der Waals surface area contributed by atoms with Crippen LogP contribution in [0.2, 0.25) is 5.02 Å². The van der Waals surface area contributed by atoms with E-state index in [1.54, 1.807) is 25.1 Å². The summed E-state index contributed by atoms with van der Waals surface area (Å²) in [6, 6.07) is 11.3. The number of amides is 1. The topological polar surface area (TPSA) is 66.5 Å². The molecule has 1 aliphatic rings. The first-order valence-electron chi connectivity index (χ1n) is 10.3. The van der Waals surface area contributed by atoms with Gasteiger partial charge in [-0.2, -0.15) is 0 Å². The lowest BCUT2D eigenvalue weighted by molar-refractivity contribution is -0.120. The third-order valence-corrected chi connectivity index (χ3v) is 7.25. The molecule has 30 heavy (non-hydrogen) atoms. The van der Waals surface area contributed by atoms with Gasteiger partial charge in [0.2, 0.25) is 15.9 Å². The molecule has 3 rings (SSSR count). The Labute approximate surface area is 184 Å². The summed E-state index contributed by atoms with van der Waals surface area (Å²) in [4.78, 5) is 12.9. The van der Waals surface area contributed by atoms with Crippen LogP contribution >= 0.6 is 11.6 Å². The monoisotopic (exact) mass is 448 g/mol. The first kappa shape index (κ1) is 22.6. The summed E-state index contributed by atoms with van der Waals surface area (Å²) in [6.07, 6.45) is 6.43. The van der Waals surface area contributed by atoms with Crippen molar-refractivity contribution in [2.75, 3.05) is 17.1 Å². The summed E-state index contributed by atoms with van der Waals surface area (Å²) >= 11 is 6.17. The second kappa shape index (κ2) is 9.40. The van der Waals surface area contributed by atoms with Crippen LogP contribution < -0.4 is 9.62 Å². The Kier molecular flexibility index (Phi) is 7.09. The second-order valence-corrected chi connectivity index (χ2v) is 10.2. The van der Waals surface area contributed by atoms with Crippen LogP contribution in [-0.2, 0) is 27.7 Å². The molecule has 1 N–H and O–H groups in total. The van der Waals surface area contributed by atoms with Crippen molar-refractivity contribution in [1.29, 1.82) is 0 Å². The molecule has 1 amide bonds. The number of rotatable bonds is 7. The second-order valence-electron chi connectivity index (χ2n) is 7.92. The van der Waals surface area contributed by atoms with Gasteiger partial charge in [-0.3, -0.25) is 9.10 Å². The molecule has 0 spiro atoms. The molecule has 2 aromatic carbocycles. The highest BCUT2D eigenvalue weighted by molar-refractivity contribution is 7.92. The molecule has 0 heterocycles. The van der Waals surface area contributed by atoms with Crippen LogP contribution in [0.1, 0.15) is 54.5 Å². The fourth-order valence-electron chi connectivity index (χ4n) is 4.01. The van der Waals surface area contributed by atoms with Crippen molar-refractivity contribution in [3.05, 3.63) is 63.7 Å². The molecule has 1 aliphatic carbocycles. The average molecular weight is 449 g/mol. The molecule has 0 fully saturated rings. The number of nitrogens with zero attached hydrogens (tertiary/aromatic N) is 1. The molecule has 1 atom stereocenters. The van der Waals surface area contributed by atoms with E-state index in [0.29, 0.717) is 16.3 Å². The predicted octanol–water partition coefficient (Wildman–Crippen LogP) is 4.56. The molecule has 162 valence electrons. The molecular weight excluding hydrogens is 420 g/mol. The number of sulfonamides is 1. The molecule has 0 bridgehead atoms. The maximum absolute atomic E-state index is 12.9. The Hall–Kier alpha value is -2.05. The van der Waals surface area contributed by atoms with Crippen molar-refractivity contribution in [3.8, 4) is 0 Å². The van der Waals surface area contributed by atoms with E-state index < -0.39 is 10.0 Å². The van der Waals surface area contributed by atoms with Gasteiger partial charge in [-0.25, -0.2) is 8.42 Å². The van der Waals surface area contributed by atoms with Gasteiger partial charge in [-0.15, -0.1) is 0 Å². The van der Waals surface area contributed by atoms with Gasteiger partial charge in [-0.05, 0) is 73.4 Å². The number of fused-ring (bicyclic) bond motifs is 1. The summed E-state index contributed by atoms with van der Waals surface area (Å²) in [5.74, 6) is -0.343. The van der Waals surface area contributed by atoms with Gasteiger partial charge in [0.15, 0.2) is 0 Å². The van der Waals surface area contributed by atoms with Gasteiger partial charge in [0.05, 0.1) is 18.0 Å². The Morgan fingerprint density at radius 1 is 1.17 bits per heavy atom. The number of hydrogen-bond acceptors (Lipinski definition) is 3. The third kappa shape index (κ3) is 5.16. The molecule has 0 aromatic heterocycles. The molecule has 2 aromatic rings. The fourth-order valence-corrected chi connectivity index (χ4v) is 5.09. The summed E-state index contributed by atoms with van der Waals surface area (Å²) in [5.41, 5.74) is 4.86. The Morgan fingerprint density at radius 3 is 2.53 bits per heavy atom. The van der Waals surface area contributed by atoms with Gasteiger partial charge in [-0.1, -0.05) is 42.8 Å². The highest BCUT2D eigenvalue weighted by Gasteiger charge is 2.24. The first-order valence-corrected chi connectivity index (χ1v) is 12.6. The fraction of sp³-hybridized carbons (Fsp3) is 0.435. The van der Waals surface area contributed by atoms with E-state index in [4.69, 9.17) is 11.6 Å². The molecule has 5 nitrogen and oxygen atoms in total. The number of nitrogens with one attached hydrogen (secondary N) is 1. The lowest BCUT2D eigenvalue weighted by atomic mass is 9.89. The number of benzene rings is 2. The van der Waals surface area contributed by atoms with Crippen LogP contribution in [0, 0.1) is 6.92 Å². The normalized spacial score (nSPS) is 14.7. The van der Waals surface area contributed by atoms with Crippen LogP contribution in [0.15, 0.2) is 36.4 Å². The van der Waals surface area contributed by atoms with Gasteiger partial charge in [0.25, 0.3) is 0 Å². The maximum Gasteiger partial charge on any atom is 0.241 e. The van der Waals surface area contributed by atoms with Gasteiger partial charge in [0, 0.05) is 5.02 Å². The highest BCUT2D eigenvalue weighted by Crippen LogP contribution is 2.29. The minimum absolute atomic E-state index is 0.161. The van der Waals surface area contributed by atoms with Crippen LogP contribution in [0.4, 0.5) is 5.69 Å². The van der Waals surface area contributed by atoms with Crippen LogP contribution in [0.25, 0.3) is 0 Å². The van der Waals surface area contributed by atoms with E-state index in [0.717, 1.165) is 35.4 Å². The zero-order chi connectivity index (χ0) is 21.9. The summed E-state index contributed by atoms with van der Waals surface area (Å²) in [5, 5.41) is 3.48. The van der Waals surface area contributed by atoms with Crippen molar-refractivity contribution in [3.63, 3.8) is 0 Å². The maximum atomic E-state index is 12.9. The van der Waals surface area contributed by atoms with E-state index in [-0.39, 0.29) is 18.5 Å². The summed E-state index contributed by atoms with van der Waals surface area (Å²) in [6.45, 7) is 3.47. The summed E-state index contributed by atoms with van der Waals surface area (Å²) in [7, 11) is -3.66. The molecule has 0 radical (unpaired) electrons. The predicted molar refractivity (Wildman–Crippen MR) is 123 cm³/mol. The zero-order valence-corrected chi connectivity index (χ0v) is 19.3. The Bertz CT molecular complexity index is 1040. The van der Waals surface area contributed by atoms with Crippen molar-refractivity contribution >= 4 is 33.2 Å². The average Bonchev–Trinajstić information content (AvgIpc) is 2.71. The van der Waals surface area contributed by atoms with E-state index >= 15 is 0 Å². The minimum atomic E-state index is -3.66. The number of carbonyl (C=O) groups is 1. The lowest BCUT2D eigenvalue weighted by Crippen LogP contribution is -2.41. The Morgan fingerprint density at radius 2 is 1.87 bits per heavy atom. The standard InChI is InChI=1S/C23H29ClN2O3S/c1-4-21(19-13-12-17-8-5-6-9-18(17)14-19)25-23(27)15-26(30(3,28)29)22-11-7-10-20(24)16(22)2/h7,10-14,21H,4-6,8-9,15H2,1-3H3,(H,25,27)/t21-/m0/s1. The van der Waals surface area contributed by atoms with Crippen LogP contribution in [0.3, 0.4) is 0 Å². The molecule has 0 saturated carbocycles. The van der Waals surface area contributed by atoms with Crippen molar-refractivity contribution in [2.24, 2.45) is 0 Å². The first-order chi connectivity index (χ1) is 14.2. The molecule has 0 unspecified atom stereocenters. The van der Waals surface area contributed by atoms with Crippen molar-refractivity contribution in [2.45, 2.75) is 52.0 Å². The van der Waals surface area contributed by atoms with Crippen LogP contribution in [-0.4, -0.2) is 27.1 Å². The van der Waals surface area contributed by atoms with E-state index in [1.165, 1.54) is 24.0 Å². The van der Waals surface area contributed by atoms with E-state index in [2.05, 4.69) is 23.5 Å². The molecule has 7 heteroatoms. The number of halogens is 1. The van der Waals surface area contributed by atoms with Gasteiger partial charge in [0.1, 0.15) is 6.54 Å². The molecule has 0 saturated heterocycles. The number of hydrogen-bond donors (Lipinski definition) is 1. The van der Waals surface area contributed by atoms with Gasteiger partial charge >= 0.3 is 0 Å². The third-order valence-electron chi connectivity index (χ3n) is 5.71. The SMILES string of the molecule is CC[C@H](NC(=O)CN(c1cccc(Cl)c1C)S(C)(=O)=O)c1ccc2c(c1)CCCC2. The smallest absolute Gasteiger partial charge is 0.241 e. The lowest BCUT2D eigenvalue weighted by Gasteiger charge is -2.26. The zero-order valence-electron chi connectivity index (χ0n) is 17.7. The highest BCUT2D eigenvalue weighted by atomic mass is 35.5. The number of carbonyl (C=O) groups excluding carboxylic acids is 1. The number of aryl methyl sites for hydroxylation is 2. The van der Waals surface area contributed by atoms with Crippen molar-refractivity contribution in [1.82, 2.24) is 5.32 Å². The quantitative estimate of drug-likeness (QED) is 0.675. The van der Waals surface area contributed by atoms with E-state index in [1.807, 2.05) is 6.92 Å². The van der Waals surface area contributed by atoms with E-state index in [9.17, 15) is 13.2 Å². The van der Waals surface area contributed by atoms with Crippen LogP contribution in [0.5, 0.6) is 0 Å². The molecule has 0 aliphatic heterocycles. The largest absolute Gasteiger partial charge is 0.348 e. The molecular formula is C23H29ClN2O3S. The Balaban J connectivity index is 1.80. The number of anilines is 1.